The van der Waals surface area contributed by atoms with Crippen LogP contribution in [0.2, 0.25) is 5.15 Å². The maximum Gasteiger partial charge on any atom is 0.187 e. The number of anilines is 1. The fourth-order valence-electron chi connectivity index (χ4n) is 1.36. The quantitative estimate of drug-likeness (QED) is 0.824. The van der Waals surface area contributed by atoms with Crippen LogP contribution in [0.15, 0.2) is 0 Å². The van der Waals surface area contributed by atoms with E-state index in [9.17, 15) is 0 Å². The topological polar surface area (TPSA) is 56.6 Å². The van der Waals surface area contributed by atoms with Crippen LogP contribution >= 0.6 is 22.9 Å². The lowest BCUT2D eigenvalue weighted by Gasteiger charge is -2.25. The molecule has 1 aromatic rings. The third-order valence-corrected chi connectivity index (χ3v) is 3.71. The third-order valence-electron chi connectivity index (χ3n) is 2.21. The van der Waals surface area contributed by atoms with Crippen LogP contribution in [-0.4, -0.2) is 34.4 Å². The van der Waals surface area contributed by atoms with Gasteiger partial charge in [0.2, 0.25) is 0 Å². The van der Waals surface area contributed by atoms with E-state index >= 15 is 0 Å². The average molecular weight is 265 g/mol. The first-order chi connectivity index (χ1) is 7.60. The molecular formula is C10H17ClN2O2S. The minimum Gasteiger partial charge on any atom is -0.396 e. The number of hydrogen-bond acceptors (Lipinski definition) is 5. The number of hydrogen-bond donors (Lipinski definition) is 2. The standard InChI is InChI=1S/C10H17ClN2O2S/c1-7(2)13(4-3-5-14)10-12-9(11)8(6-15)16-10/h7,14-15H,3-6H2,1-2H3. The molecule has 92 valence electrons. The van der Waals surface area contributed by atoms with Gasteiger partial charge in [-0.05, 0) is 20.3 Å². The van der Waals surface area contributed by atoms with Gasteiger partial charge in [0, 0.05) is 19.2 Å². The number of nitrogens with zero attached hydrogens (tertiary/aromatic N) is 2. The van der Waals surface area contributed by atoms with Crippen molar-refractivity contribution >= 4 is 28.1 Å². The Morgan fingerprint density at radius 3 is 2.56 bits per heavy atom. The predicted octanol–water partition coefficient (Wildman–Crippen LogP) is 1.89. The summed E-state index contributed by atoms with van der Waals surface area (Å²) in [6.07, 6.45) is 0.698. The molecule has 0 fully saturated rings. The molecule has 0 saturated carbocycles. The van der Waals surface area contributed by atoms with E-state index < -0.39 is 0 Å². The number of thiazole rings is 1. The monoisotopic (exact) mass is 264 g/mol. The Kier molecular flexibility index (Phi) is 5.48. The molecule has 6 heteroatoms. The highest BCUT2D eigenvalue weighted by Gasteiger charge is 2.16. The van der Waals surface area contributed by atoms with Gasteiger partial charge in [0.15, 0.2) is 5.13 Å². The van der Waals surface area contributed by atoms with Crippen LogP contribution in [-0.2, 0) is 6.61 Å². The molecule has 0 aromatic carbocycles. The van der Waals surface area contributed by atoms with Crippen molar-refractivity contribution in [2.24, 2.45) is 0 Å². The molecule has 0 amide bonds. The van der Waals surface area contributed by atoms with Crippen molar-refractivity contribution in [2.45, 2.75) is 32.9 Å². The zero-order chi connectivity index (χ0) is 12.1. The molecule has 0 aliphatic carbocycles. The van der Waals surface area contributed by atoms with Crippen molar-refractivity contribution < 1.29 is 10.2 Å². The highest BCUT2D eigenvalue weighted by atomic mass is 35.5. The van der Waals surface area contributed by atoms with Gasteiger partial charge in [-0.25, -0.2) is 4.98 Å². The van der Waals surface area contributed by atoms with Gasteiger partial charge >= 0.3 is 0 Å². The van der Waals surface area contributed by atoms with E-state index in [-0.39, 0.29) is 13.2 Å². The highest BCUT2D eigenvalue weighted by molar-refractivity contribution is 7.16. The Labute approximate surface area is 104 Å². The summed E-state index contributed by atoms with van der Waals surface area (Å²) in [6, 6.07) is 0.292. The van der Waals surface area contributed by atoms with Crippen LogP contribution < -0.4 is 4.90 Å². The first kappa shape index (κ1) is 13.7. The Balaban J connectivity index is 2.83. The van der Waals surface area contributed by atoms with Gasteiger partial charge in [-0.1, -0.05) is 22.9 Å². The smallest absolute Gasteiger partial charge is 0.187 e. The van der Waals surface area contributed by atoms with E-state index in [0.29, 0.717) is 22.5 Å². The summed E-state index contributed by atoms with van der Waals surface area (Å²) in [6.45, 7) is 4.94. The first-order valence-corrected chi connectivity index (χ1v) is 6.43. The molecule has 1 heterocycles. The van der Waals surface area contributed by atoms with Crippen LogP contribution in [0.25, 0.3) is 0 Å². The second-order valence-electron chi connectivity index (χ2n) is 3.73. The van der Waals surface area contributed by atoms with Gasteiger partial charge in [-0.2, -0.15) is 0 Å². The molecule has 4 nitrogen and oxygen atoms in total. The Hall–Kier alpha value is -0.360. The molecule has 0 aliphatic rings. The molecule has 0 aliphatic heterocycles. The SMILES string of the molecule is CC(C)N(CCCO)c1nc(Cl)c(CO)s1. The summed E-state index contributed by atoms with van der Waals surface area (Å²) < 4.78 is 0. The first-order valence-electron chi connectivity index (χ1n) is 5.23. The number of halogens is 1. The second kappa shape index (κ2) is 6.39. The molecule has 0 saturated heterocycles. The molecule has 0 unspecified atom stereocenters. The zero-order valence-electron chi connectivity index (χ0n) is 9.48. The van der Waals surface area contributed by atoms with Gasteiger partial charge < -0.3 is 15.1 Å². The lowest BCUT2D eigenvalue weighted by molar-refractivity contribution is 0.285. The highest BCUT2D eigenvalue weighted by Crippen LogP contribution is 2.30. The van der Waals surface area contributed by atoms with E-state index in [1.807, 2.05) is 0 Å². The van der Waals surface area contributed by atoms with E-state index in [1.54, 1.807) is 0 Å². The molecule has 2 N–H and O–H groups in total. The van der Waals surface area contributed by atoms with Crippen LogP contribution in [0.1, 0.15) is 25.1 Å². The van der Waals surface area contributed by atoms with Crippen molar-refractivity contribution in [3.8, 4) is 0 Å². The maximum atomic E-state index is 9.06. The molecule has 1 rings (SSSR count). The normalized spacial score (nSPS) is 11.1. The van der Waals surface area contributed by atoms with Crippen molar-refractivity contribution in [1.82, 2.24) is 4.98 Å². The summed E-state index contributed by atoms with van der Waals surface area (Å²) in [5, 5.41) is 19.1. The lowest BCUT2D eigenvalue weighted by atomic mass is 10.3. The number of aliphatic hydroxyl groups is 2. The summed E-state index contributed by atoms with van der Waals surface area (Å²) in [4.78, 5) is 6.99. The van der Waals surface area contributed by atoms with Crippen LogP contribution in [0, 0.1) is 0 Å². The van der Waals surface area contributed by atoms with Crippen molar-refractivity contribution in [2.75, 3.05) is 18.1 Å². The lowest BCUT2D eigenvalue weighted by Crippen LogP contribution is -2.32. The summed E-state index contributed by atoms with van der Waals surface area (Å²) >= 11 is 7.29. The van der Waals surface area contributed by atoms with Gasteiger partial charge in [0.05, 0.1) is 11.5 Å². The molecule has 0 spiro atoms. The molecule has 1 aromatic heterocycles. The Morgan fingerprint density at radius 1 is 1.44 bits per heavy atom. The Bertz CT molecular complexity index is 331. The van der Waals surface area contributed by atoms with E-state index in [0.717, 1.165) is 11.7 Å². The van der Waals surface area contributed by atoms with Gasteiger partial charge in [0.1, 0.15) is 5.15 Å². The molecule has 0 radical (unpaired) electrons. The zero-order valence-corrected chi connectivity index (χ0v) is 11.1. The summed E-state index contributed by atoms with van der Waals surface area (Å²) in [5.41, 5.74) is 0. The largest absolute Gasteiger partial charge is 0.396 e. The minimum absolute atomic E-state index is 0.0809. The fraction of sp³-hybridized carbons (Fsp3) is 0.700. The number of rotatable bonds is 6. The van der Waals surface area contributed by atoms with Crippen molar-refractivity contribution in [1.29, 1.82) is 0 Å². The minimum atomic E-state index is -0.0809. The van der Waals surface area contributed by atoms with Crippen LogP contribution in [0.4, 0.5) is 5.13 Å². The van der Waals surface area contributed by atoms with E-state index in [4.69, 9.17) is 21.8 Å². The Morgan fingerprint density at radius 2 is 2.12 bits per heavy atom. The van der Waals surface area contributed by atoms with E-state index in [1.165, 1.54) is 11.3 Å². The molecular weight excluding hydrogens is 248 g/mol. The van der Waals surface area contributed by atoms with Gasteiger partial charge in [-0.3, -0.25) is 0 Å². The molecule has 0 bridgehead atoms. The van der Waals surface area contributed by atoms with Crippen LogP contribution in [0.3, 0.4) is 0 Å². The maximum absolute atomic E-state index is 9.06. The molecule has 16 heavy (non-hydrogen) atoms. The fourth-order valence-corrected chi connectivity index (χ4v) is 2.63. The summed E-state index contributed by atoms with van der Waals surface area (Å²) in [7, 11) is 0. The van der Waals surface area contributed by atoms with Gasteiger partial charge in [-0.15, -0.1) is 0 Å². The third kappa shape index (κ3) is 3.31. The average Bonchev–Trinajstić information content (AvgIpc) is 2.59. The van der Waals surface area contributed by atoms with Crippen molar-refractivity contribution in [3.05, 3.63) is 10.0 Å². The summed E-state index contributed by atoms with van der Waals surface area (Å²) in [5.74, 6) is 0. The van der Waals surface area contributed by atoms with Crippen LogP contribution in [0.5, 0.6) is 0 Å². The van der Waals surface area contributed by atoms with E-state index in [2.05, 4.69) is 23.7 Å². The van der Waals surface area contributed by atoms with Gasteiger partial charge in [0.25, 0.3) is 0 Å². The number of aromatic nitrogens is 1. The number of aliphatic hydroxyl groups excluding tert-OH is 2. The predicted molar refractivity (Wildman–Crippen MR) is 67.2 cm³/mol. The van der Waals surface area contributed by atoms with Crippen molar-refractivity contribution in [3.63, 3.8) is 0 Å². The second-order valence-corrected chi connectivity index (χ2v) is 5.15. The molecule has 0 atom stereocenters.